The molecule has 0 radical (unpaired) electrons. The van der Waals surface area contributed by atoms with Gasteiger partial charge in [0.05, 0.1) is 5.37 Å². The molecule has 1 atom stereocenters. The van der Waals surface area contributed by atoms with Gasteiger partial charge < -0.3 is 0 Å². The summed E-state index contributed by atoms with van der Waals surface area (Å²) in [4.78, 5) is 2.67. The molecular weight excluding hydrogens is 142 g/mol. The predicted molar refractivity (Wildman–Crippen MR) is 46.3 cm³/mol. The van der Waals surface area contributed by atoms with Gasteiger partial charge in [-0.05, 0) is 25.5 Å². The van der Waals surface area contributed by atoms with E-state index in [0.717, 1.165) is 11.4 Å². The van der Waals surface area contributed by atoms with Crippen molar-refractivity contribution in [2.45, 2.75) is 37.1 Å². The number of hydrogen-bond acceptors (Lipinski definition) is 2. The van der Waals surface area contributed by atoms with Crippen LogP contribution in [0.25, 0.3) is 0 Å². The Kier molecular flexibility index (Phi) is 1.92. The van der Waals surface area contributed by atoms with Crippen LogP contribution >= 0.6 is 11.8 Å². The summed E-state index contributed by atoms with van der Waals surface area (Å²) in [6.45, 7) is 1.37. The average molecular weight is 157 g/mol. The Morgan fingerprint density at radius 2 is 2.10 bits per heavy atom. The molecule has 0 aromatic carbocycles. The Balaban J connectivity index is 1.81. The molecule has 1 aliphatic heterocycles. The van der Waals surface area contributed by atoms with E-state index in [1.807, 2.05) is 11.8 Å². The van der Waals surface area contributed by atoms with E-state index in [4.69, 9.17) is 0 Å². The fourth-order valence-electron chi connectivity index (χ4n) is 1.77. The molecule has 10 heavy (non-hydrogen) atoms. The predicted octanol–water partition coefficient (Wildman–Crippen LogP) is 1.93. The summed E-state index contributed by atoms with van der Waals surface area (Å²) in [5.41, 5.74) is 0. The van der Waals surface area contributed by atoms with Crippen LogP contribution < -0.4 is 0 Å². The van der Waals surface area contributed by atoms with E-state index in [0.29, 0.717) is 0 Å². The van der Waals surface area contributed by atoms with Gasteiger partial charge in [0.15, 0.2) is 0 Å². The third-order valence-electron chi connectivity index (χ3n) is 2.82. The maximum absolute atomic E-state index is 2.67. The molecular formula is C8H15NS. The molecule has 1 aliphatic carbocycles. The van der Waals surface area contributed by atoms with Crippen molar-refractivity contribution in [2.75, 3.05) is 12.8 Å². The first kappa shape index (κ1) is 6.99. The summed E-state index contributed by atoms with van der Waals surface area (Å²) in [5, 5.41) is 0.880. The van der Waals surface area contributed by atoms with Crippen LogP contribution in [-0.4, -0.2) is 29.1 Å². The zero-order valence-corrected chi connectivity index (χ0v) is 7.36. The summed E-state index contributed by atoms with van der Waals surface area (Å²) in [6, 6.07) is 0.978. The quantitative estimate of drug-likeness (QED) is 0.602. The Bertz CT molecular complexity index is 112. The van der Waals surface area contributed by atoms with Gasteiger partial charge in [0, 0.05) is 12.6 Å². The first-order valence-electron chi connectivity index (χ1n) is 4.20. The second-order valence-corrected chi connectivity index (χ2v) is 4.32. The summed E-state index contributed by atoms with van der Waals surface area (Å²) in [5.74, 6) is 0. The van der Waals surface area contributed by atoms with Gasteiger partial charge in [-0.3, -0.25) is 4.90 Å². The van der Waals surface area contributed by atoms with Crippen LogP contribution in [0, 0.1) is 0 Å². The van der Waals surface area contributed by atoms with E-state index < -0.39 is 0 Å². The monoisotopic (exact) mass is 157 g/mol. The van der Waals surface area contributed by atoms with Crippen LogP contribution in [0.2, 0.25) is 0 Å². The highest BCUT2D eigenvalue weighted by Gasteiger charge is 2.35. The average Bonchev–Trinajstić information content (AvgIpc) is 1.77. The van der Waals surface area contributed by atoms with E-state index >= 15 is 0 Å². The second kappa shape index (κ2) is 2.74. The first-order chi connectivity index (χ1) is 4.92. The topological polar surface area (TPSA) is 3.24 Å². The number of hydrogen-bond donors (Lipinski definition) is 0. The number of nitrogens with zero attached hydrogens (tertiary/aromatic N) is 1. The van der Waals surface area contributed by atoms with Crippen LogP contribution in [0.3, 0.4) is 0 Å². The van der Waals surface area contributed by atoms with Gasteiger partial charge in [-0.25, -0.2) is 0 Å². The molecule has 0 bridgehead atoms. The maximum atomic E-state index is 2.67. The van der Waals surface area contributed by atoms with E-state index in [1.54, 1.807) is 0 Å². The third-order valence-corrected chi connectivity index (χ3v) is 3.87. The van der Waals surface area contributed by atoms with Crippen LogP contribution in [-0.2, 0) is 0 Å². The molecule has 1 saturated carbocycles. The number of thioether (sulfide) groups is 1. The van der Waals surface area contributed by atoms with Crippen LogP contribution in [0.4, 0.5) is 0 Å². The van der Waals surface area contributed by atoms with Crippen molar-refractivity contribution in [3.63, 3.8) is 0 Å². The SMILES string of the molecule is CS[C@@H]1CCN1C1CCC1. The minimum absolute atomic E-state index is 0.880. The van der Waals surface area contributed by atoms with Crippen molar-refractivity contribution in [3.8, 4) is 0 Å². The Morgan fingerprint density at radius 3 is 2.40 bits per heavy atom. The van der Waals surface area contributed by atoms with Crippen molar-refractivity contribution in [2.24, 2.45) is 0 Å². The lowest BCUT2D eigenvalue weighted by Gasteiger charge is -2.48. The van der Waals surface area contributed by atoms with Crippen molar-refractivity contribution in [3.05, 3.63) is 0 Å². The fraction of sp³-hybridized carbons (Fsp3) is 1.00. The Morgan fingerprint density at radius 1 is 1.30 bits per heavy atom. The maximum Gasteiger partial charge on any atom is 0.0569 e. The summed E-state index contributed by atoms with van der Waals surface area (Å²) >= 11 is 2.02. The van der Waals surface area contributed by atoms with Gasteiger partial charge in [0.2, 0.25) is 0 Å². The fourth-order valence-corrected chi connectivity index (χ4v) is 2.66. The lowest BCUT2D eigenvalue weighted by Crippen LogP contribution is -2.53. The van der Waals surface area contributed by atoms with Crippen molar-refractivity contribution >= 4 is 11.8 Å². The zero-order chi connectivity index (χ0) is 6.97. The van der Waals surface area contributed by atoms with E-state index in [1.165, 1.54) is 32.2 Å². The highest BCUT2D eigenvalue weighted by atomic mass is 32.2. The molecule has 0 aromatic heterocycles. The third kappa shape index (κ3) is 0.978. The van der Waals surface area contributed by atoms with Gasteiger partial charge in [-0.1, -0.05) is 6.42 Å². The summed E-state index contributed by atoms with van der Waals surface area (Å²) in [7, 11) is 0. The number of rotatable bonds is 2. The Hall–Kier alpha value is 0.310. The van der Waals surface area contributed by atoms with Gasteiger partial charge in [0.25, 0.3) is 0 Å². The number of likely N-dealkylation sites (tertiary alicyclic amines) is 1. The molecule has 1 nitrogen and oxygen atoms in total. The van der Waals surface area contributed by atoms with Gasteiger partial charge in [0.1, 0.15) is 0 Å². The van der Waals surface area contributed by atoms with Crippen molar-refractivity contribution in [1.29, 1.82) is 0 Å². The first-order valence-corrected chi connectivity index (χ1v) is 5.49. The van der Waals surface area contributed by atoms with Gasteiger partial charge >= 0.3 is 0 Å². The van der Waals surface area contributed by atoms with E-state index in [2.05, 4.69) is 11.2 Å². The highest BCUT2D eigenvalue weighted by Crippen LogP contribution is 2.35. The van der Waals surface area contributed by atoms with Crippen LogP contribution in [0.1, 0.15) is 25.7 Å². The molecule has 2 fully saturated rings. The minimum atomic E-state index is 0.880. The lowest BCUT2D eigenvalue weighted by molar-refractivity contribution is 0.0497. The molecule has 0 aromatic rings. The second-order valence-electron chi connectivity index (χ2n) is 3.30. The van der Waals surface area contributed by atoms with E-state index in [9.17, 15) is 0 Å². The van der Waals surface area contributed by atoms with Gasteiger partial charge in [-0.2, -0.15) is 0 Å². The minimum Gasteiger partial charge on any atom is -0.288 e. The van der Waals surface area contributed by atoms with Crippen LogP contribution in [0.5, 0.6) is 0 Å². The largest absolute Gasteiger partial charge is 0.288 e. The molecule has 2 rings (SSSR count). The van der Waals surface area contributed by atoms with Crippen molar-refractivity contribution < 1.29 is 0 Å². The zero-order valence-electron chi connectivity index (χ0n) is 6.55. The highest BCUT2D eigenvalue weighted by molar-refractivity contribution is 7.99. The van der Waals surface area contributed by atoms with Gasteiger partial charge in [-0.15, -0.1) is 11.8 Å². The molecule has 1 saturated heterocycles. The summed E-state index contributed by atoms with van der Waals surface area (Å²) in [6.07, 6.45) is 8.07. The van der Waals surface area contributed by atoms with Crippen molar-refractivity contribution in [1.82, 2.24) is 4.90 Å². The van der Waals surface area contributed by atoms with Crippen LogP contribution in [0.15, 0.2) is 0 Å². The smallest absolute Gasteiger partial charge is 0.0569 e. The molecule has 0 spiro atoms. The standard InChI is InChI=1S/C8H15NS/c1-10-8-5-6-9(8)7-3-2-4-7/h7-8H,2-6H2,1H3/t8-/m1/s1. The molecule has 0 N–H and O–H groups in total. The Labute approximate surface area is 67.2 Å². The molecule has 0 amide bonds. The molecule has 2 aliphatic rings. The molecule has 0 unspecified atom stereocenters. The normalized spacial score (nSPS) is 35.1. The lowest BCUT2D eigenvalue weighted by atomic mass is 9.89. The molecule has 58 valence electrons. The summed E-state index contributed by atoms with van der Waals surface area (Å²) < 4.78 is 0. The molecule has 1 heterocycles. The van der Waals surface area contributed by atoms with E-state index in [-0.39, 0.29) is 0 Å². The molecule has 2 heteroatoms.